The average molecular weight is 355 g/mol. The number of carbonyl (C=O) groups excluding carboxylic acids is 1. The fraction of sp³-hybridized carbons (Fsp3) is 0.550. The van der Waals surface area contributed by atoms with Gasteiger partial charge in [-0.05, 0) is 50.8 Å². The maximum absolute atomic E-state index is 12.7. The molecule has 26 heavy (non-hydrogen) atoms. The van der Waals surface area contributed by atoms with E-state index >= 15 is 0 Å². The molecular formula is C20H29N5O. The van der Waals surface area contributed by atoms with Gasteiger partial charge in [-0.15, -0.1) is 0 Å². The summed E-state index contributed by atoms with van der Waals surface area (Å²) in [4.78, 5) is 21.3. The molecule has 0 saturated carbocycles. The minimum Gasteiger partial charge on any atom is -0.369 e. The highest BCUT2D eigenvalue weighted by Gasteiger charge is 2.21. The number of anilines is 1. The van der Waals surface area contributed by atoms with Crippen molar-refractivity contribution >= 4 is 11.6 Å². The van der Waals surface area contributed by atoms with E-state index in [1.165, 1.54) is 16.8 Å². The number of rotatable bonds is 4. The van der Waals surface area contributed by atoms with Crippen molar-refractivity contribution < 1.29 is 4.79 Å². The normalized spacial score (nSPS) is 15.2. The zero-order chi connectivity index (χ0) is 18.7. The van der Waals surface area contributed by atoms with E-state index in [0.29, 0.717) is 6.42 Å². The van der Waals surface area contributed by atoms with Crippen LogP contribution in [0.4, 0.5) is 5.69 Å². The summed E-state index contributed by atoms with van der Waals surface area (Å²) in [6, 6.07) is 2.07. The standard InChI is InChI=1S/C20H29N5O/c1-15-14-21-9-8-19(15)24-10-5-11-25(13-12-24)20(26)7-6-18-16(2)22-23(4)17(18)3/h8-9,14H,5-7,10-13H2,1-4H3. The second-order valence-electron chi connectivity index (χ2n) is 7.16. The van der Waals surface area contributed by atoms with Crippen LogP contribution in [0.5, 0.6) is 0 Å². The molecule has 1 aliphatic rings. The molecule has 0 N–H and O–H groups in total. The number of hydrogen-bond donors (Lipinski definition) is 0. The van der Waals surface area contributed by atoms with Crippen LogP contribution >= 0.6 is 0 Å². The van der Waals surface area contributed by atoms with E-state index in [2.05, 4.69) is 34.9 Å². The van der Waals surface area contributed by atoms with Crippen LogP contribution in [-0.2, 0) is 18.3 Å². The zero-order valence-electron chi connectivity index (χ0n) is 16.3. The molecule has 1 amide bonds. The number of hydrogen-bond acceptors (Lipinski definition) is 4. The fourth-order valence-electron chi connectivity index (χ4n) is 3.80. The summed E-state index contributed by atoms with van der Waals surface area (Å²) < 4.78 is 1.90. The van der Waals surface area contributed by atoms with Crippen molar-refractivity contribution in [2.24, 2.45) is 7.05 Å². The summed E-state index contributed by atoms with van der Waals surface area (Å²) in [5.74, 6) is 0.251. The van der Waals surface area contributed by atoms with E-state index < -0.39 is 0 Å². The Labute approximate surface area is 155 Å². The van der Waals surface area contributed by atoms with Crippen LogP contribution in [0.15, 0.2) is 18.5 Å². The average Bonchev–Trinajstić information content (AvgIpc) is 2.81. The summed E-state index contributed by atoms with van der Waals surface area (Å²) in [5, 5.41) is 4.45. The van der Waals surface area contributed by atoms with E-state index in [4.69, 9.17) is 0 Å². The maximum Gasteiger partial charge on any atom is 0.222 e. The molecule has 0 bridgehead atoms. The number of nitrogens with zero attached hydrogens (tertiary/aromatic N) is 5. The molecular weight excluding hydrogens is 326 g/mol. The van der Waals surface area contributed by atoms with Gasteiger partial charge in [0, 0.05) is 63.4 Å². The zero-order valence-corrected chi connectivity index (χ0v) is 16.3. The number of carbonyl (C=O) groups is 1. The molecule has 0 atom stereocenters. The molecule has 1 saturated heterocycles. The molecule has 0 aliphatic carbocycles. The predicted octanol–water partition coefficient (Wildman–Crippen LogP) is 2.41. The third-order valence-corrected chi connectivity index (χ3v) is 5.43. The summed E-state index contributed by atoms with van der Waals surface area (Å²) in [6.45, 7) is 9.66. The molecule has 3 heterocycles. The topological polar surface area (TPSA) is 54.3 Å². The molecule has 1 aliphatic heterocycles. The highest BCUT2D eigenvalue weighted by molar-refractivity contribution is 5.76. The predicted molar refractivity (Wildman–Crippen MR) is 103 cm³/mol. The number of amides is 1. The third-order valence-electron chi connectivity index (χ3n) is 5.43. The largest absolute Gasteiger partial charge is 0.369 e. The van der Waals surface area contributed by atoms with Gasteiger partial charge in [0.2, 0.25) is 5.91 Å². The first-order valence-corrected chi connectivity index (χ1v) is 9.39. The van der Waals surface area contributed by atoms with Crippen molar-refractivity contribution in [1.29, 1.82) is 0 Å². The SMILES string of the molecule is Cc1cnccc1N1CCCN(C(=O)CCc2c(C)nn(C)c2C)CC1. The molecule has 0 aromatic carbocycles. The Hall–Kier alpha value is -2.37. The molecule has 0 spiro atoms. The van der Waals surface area contributed by atoms with Gasteiger partial charge in [0.05, 0.1) is 5.69 Å². The summed E-state index contributed by atoms with van der Waals surface area (Å²) >= 11 is 0. The smallest absolute Gasteiger partial charge is 0.222 e. The van der Waals surface area contributed by atoms with Gasteiger partial charge in [-0.3, -0.25) is 14.5 Å². The number of aromatic nitrogens is 3. The van der Waals surface area contributed by atoms with Gasteiger partial charge in [0.25, 0.3) is 0 Å². The first-order chi connectivity index (χ1) is 12.5. The summed E-state index contributed by atoms with van der Waals surface area (Å²) in [7, 11) is 1.96. The van der Waals surface area contributed by atoms with Gasteiger partial charge in [-0.1, -0.05) is 0 Å². The highest BCUT2D eigenvalue weighted by atomic mass is 16.2. The molecule has 3 rings (SSSR count). The Morgan fingerprint density at radius 1 is 1.15 bits per heavy atom. The Morgan fingerprint density at radius 2 is 1.96 bits per heavy atom. The van der Waals surface area contributed by atoms with E-state index in [0.717, 1.165) is 50.4 Å². The van der Waals surface area contributed by atoms with Crippen LogP contribution in [-0.4, -0.2) is 51.8 Å². The van der Waals surface area contributed by atoms with Crippen molar-refractivity contribution in [2.75, 3.05) is 31.1 Å². The quantitative estimate of drug-likeness (QED) is 0.845. The minimum absolute atomic E-state index is 0.251. The molecule has 2 aromatic heterocycles. The molecule has 0 unspecified atom stereocenters. The van der Waals surface area contributed by atoms with Crippen LogP contribution in [0.1, 0.15) is 35.4 Å². The highest BCUT2D eigenvalue weighted by Crippen LogP contribution is 2.20. The molecule has 140 valence electrons. The first kappa shape index (κ1) is 18.4. The van der Waals surface area contributed by atoms with Gasteiger partial charge < -0.3 is 9.80 Å². The minimum atomic E-state index is 0.251. The van der Waals surface area contributed by atoms with E-state index in [9.17, 15) is 4.79 Å². The lowest BCUT2D eigenvalue weighted by Gasteiger charge is -2.25. The molecule has 6 nitrogen and oxygen atoms in total. The van der Waals surface area contributed by atoms with E-state index in [-0.39, 0.29) is 5.91 Å². The summed E-state index contributed by atoms with van der Waals surface area (Å²) in [5.41, 5.74) is 5.83. The Kier molecular flexibility index (Phi) is 5.59. The lowest BCUT2D eigenvalue weighted by Crippen LogP contribution is -2.35. The lowest BCUT2D eigenvalue weighted by atomic mass is 10.1. The Bertz CT molecular complexity index is 783. The van der Waals surface area contributed by atoms with Gasteiger partial charge in [0.15, 0.2) is 0 Å². The van der Waals surface area contributed by atoms with Crippen molar-refractivity contribution in [2.45, 2.75) is 40.0 Å². The molecule has 2 aromatic rings. The second-order valence-corrected chi connectivity index (χ2v) is 7.16. The monoisotopic (exact) mass is 355 g/mol. The van der Waals surface area contributed by atoms with Crippen molar-refractivity contribution in [3.05, 3.63) is 41.0 Å². The van der Waals surface area contributed by atoms with Gasteiger partial charge in [-0.2, -0.15) is 5.10 Å². The Morgan fingerprint density at radius 3 is 2.65 bits per heavy atom. The van der Waals surface area contributed by atoms with Crippen molar-refractivity contribution in [1.82, 2.24) is 19.7 Å². The van der Waals surface area contributed by atoms with Gasteiger partial charge >= 0.3 is 0 Å². The molecule has 1 fully saturated rings. The third kappa shape index (κ3) is 3.89. The van der Waals surface area contributed by atoms with Crippen LogP contribution in [0, 0.1) is 20.8 Å². The second kappa shape index (κ2) is 7.89. The van der Waals surface area contributed by atoms with Gasteiger partial charge in [0.1, 0.15) is 0 Å². The number of aryl methyl sites for hydroxylation is 3. The molecule has 6 heteroatoms. The summed E-state index contributed by atoms with van der Waals surface area (Å²) in [6.07, 6.45) is 6.07. The Balaban J connectivity index is 1.58. The van der Waals surface area contributed by atoms with Crippen LogP contribution in [0.3, 0.4) is 0 Å². The van der Waals surface area contributed by atoms with Gasteiger partial charge in [-0.25, -0.2) is 0 Å². The fourth-order valence-corrected chi connectivity index (χ4v) is 3.80. The van der Waals surface area contributed by atoms with E-state index in [1.807, 2.05) is 35.9 Å². The van der Waals surface area contributed by atoms with Crippen molar-refractivity contribution in [3.63, 3.8) is 0 Å². The lowest BCUT2D eigenvalue weighted by molar-refractivity contribution is -0.130. The maximum atomic E-state index is 12.7. The van der Waals surface area contributed by atoms with Crippen LogP contribution < -0.4 is 4.90 Å². The van der Waals surface area contributed by atoms with Crippen LogP contribution in [0.25, 0.3) is 0 Å². The molecule has 0 radical (unpaired) electrons. The van der Waals surface area contributed by atoms with E-state index in [1.54, 1.807) is 0 Å². The number of pyridine rings is 1. The van der Waals surface area contributed by atoms with Crippen molar-refractivity contribution in [3.8, 4) is 0 Å². The first-order valence-electron chi connectivity index (χ1n) is 9.39. The van der Waals surface area contributed by atoms with Crippen LogP contribution in [0.2, 0.25) is 0 Å².